The number of anilines is 1. The van der Waals surface area contributed by atoms with Crippen molar-refractivity contribution in [2.24, 2.45) is 0 Å². The van der Waals surface area contributed by atoms with Crippen LogP contribution in [-0.4, -0.2) is 17.5 Å². The van der Waals surface area contributed by atoms with Gasteiger partial charge in [0.25, 0.3) is 5.91 Å². The van der Waals surface area contributed by atoms with Crippen molar-refractivity contribution in [3.63, 3.8) is 0 Å². The minimum Gasteiger partial charge on any atom is -0.484 e. The van der Waals surface area contributed by atoms with Gasteiger partial charge in [0.15, 0.2) is 11.7 Å². The Hall–Kier alpha value is -2.96. The summed E-state index contributed by atoms with van der Waals surface area (Å²) in [4.78, 5) is 16.8. The van der Waals surface area contributed by atoms with Crippen molar-refractivity contribution in [1.29, 1.82) is 0 Å². The highest BCUT2D eigenvalue weighted by Crippen LogP contribution is 2.32. The van der Waals surface area contributed by atoms with Crippen LogP contribution in [0.4, 0.5) is 5.13 Å². The second-order valence-corrected chi connectivity index (χ2v) is 9.67. The van der Waals surface area contributed by atoms with Gasteiger partial charge in [-0.25, -0.2) is 4.98 Å². The van der Waals surface area contributed by atoms with Crippen LogP contribution >= 0.6 is 27.3 Å². The number of carbonyl (C=O) groups is 1. The van der Waals surface area contributed by atoms with Crippen LogP contribution in [0.3, 0.4) is 0 Å². The molecule has 1 aromatic heterocycles. The fourth-order valence-corrected chi connectivity index (χ4v) is 4.54. The van der Waals surface area contributed by atoms with Crippen molar-refractivity contribution in [2.75, 3.05) is 11.9 Å². The summed E-state index contributed by atoms with van der Waals surface area (Å²) in [7, 11) is 0. The van der Waals surface area contributed by atoms with Gasteiger partial charge in [-0.1, -0.05) is 84.4 Å². The van der Waals surface area contributed by atoms with E-state index < -0.39 is 0 Å². The Bertz CT molecular complexity index is 1200. The van der Waals surface area contributed by atoms with Gasteiger partial charge in [0.05, 0.1) is 5.69 Å². The molecule has 0 radical (unpaired) electrons. The second kappa shape index (κ2) is 9.67. The number of aromatic nitrogens is 1. The largest absolute Gasteiger partial charge is 0.484 e. The van der Waals surface area contributed by atoms with Gasteiger partial charge in [0.2, 0.25) is 0 Å². The highest BCUT2D eigenvalue weighted by atomic mass is 79.9. The van der Waals surface area contributed by atoms with Gasteiger partial charge in [-0.05, 0) is 35.4 Å². The number of rotatable bonds is 7. The van der Waals surface area contributed by atoms with E-state index in [1.165, 1.54) is 22.5 Å². The number of benzene rings is 3. The van der Waals surface area contributed by atoms with E-state index in [1.54, 1.807) is 0 Å². The molecule has 0 bridgehead atoms. The minimum atomic E-state index is -0.242. The minimum absolute atomic E-state index is 0.0762. The summed E-state index contributed by atoms with van der Waals surface area (Å²) < 4.78 is 6.67. The Morgan fingerprint density at radius 1 is 1.00 bits per heavy atom. The molecule has 0 aliphatic carbocycles. The van der Waals surface area contributed by atoms with Crippen molar-refractivity contribution in [1.82, 2.24) is 4.98 Å². The number of carbonyl (C=O) groups excluding carboxylic acids is 1. The molecule has 0 saturated heterocycles. The van der Waals surface area contributed by atoms with E-state index in [0.717, 1.165) is 15.7 Å². The highest BCUT2D eigenvalue weighted by Gasteiger charge is 2.22. The fraction of sp³-hybridized carbons (Fsp3) is 0.154. The normalized spacial score (nSPS) is 11.2. The summed E-state index contributed by atoms with van der Waals surface area (Å²) in [6.07, 6.45) is 0. The van der Waals surface area contributed by atoms with Gasteiger partial charge in [0.1, 0.15) is 5.75 Å². The van der Waals surface area contributed by atoms with Crippen molar-refractivity contribution in [3.8, 4) is 17.0 Å². The Morgan fingerprint density at radius 3 is 2.44 bits per heavy atom. The number of hydrogen-bond donors (Lipinski definition) is 1. The predicted octanol–water partition coefficient (Wildman–Crippen LogP) is 6.92. The lowest BCUT2D eigenvalue weighted by Crippen LogP contribution is -2.20. The molecule has 0 unspecified atom stereocenters. The summed E-state index contributed by atoms with van der Waals surface area (Å²) >= 11 is 4.85. The van der Waals surface area contributed by atoms with E-state index in [4.69, 9.17) is 4.74 Å². The van der Waals surface area contributed by atoms with Crippen LogP contribution in [0.5, 0.6) is 5.75 Å². The molecule has 162 valence electrons. The van der Waals surface area contributed by atoms with Gasteiger partial charge in [-0.2, -0.15) is 0 Å². The molecule has 4 aromatic rings. The van der Waals surface area contributed by atoms with Crippen LogP contribution in [0, 0.1) is 0 Å². The Morgan fingerprint density at radius 2 is 1.72 bits per heavy atom. The molecular weight excluding hydrogens is 484 g/mol. The Labute approximate surface area is 200 Å². The van der Waals surface area contributed by atoms with Crippen molar-refractivity contribution in [2.45, 2.75) is 19.3 Å². The van der Waals surface area contributed by atoms with Crippen LogP contribution in [0.25, 0.3) is 11.3 Å². The number of nitrogens with zero attached hydrogens (tertiary/aromatic N) is 1. The smallest absolute Gasteiger partial charge is 0.264 e. The van der Waals surface area contributed by atoms with Gasteiger partial charge >= 0.3 is 0 Å². The maximum atomic E-state index is 12.3. The maximum absolute atomic E-state index is 12.3. The SMILES string of the molecule is CC(C)(c1ccccc1)c1ccc(OCC(=O)Nc2nc(-c3cccc(Br)c3)cs2)cc1. The quantitative estimate of drug-likeness (QED) is 0.296. The van der Waals surface area contributed by atoms with E-state index in [0.29, 0.717) is 10.9 Å². The maximum Gasteiger partial charge on any atom is 0.264 e. The van der Waals surface area contributed by atoms with Gasteiger partial charge < -0.3 is 4.74 Å². The lowest BCUT2D eigenvalue weighted by Gasteiger charge is -2.26. The van der Waals surface area contributed by atoms with Gasteiger partial charge in [-0.3, -0.25) is 10.1 Å². The third-order valence-corrected chi connectivity index (χ3v) is 6.56. The van der Waals surface area contributed by atoms with Crippen LogP contribution < -0.4 is 10.1 Å². The molecule has 1 heterocycles. The Kier molecular flexibility index (Phi) is 6.72. The topological polar surface area (TPSA) is 51.2 Å². The number of halogens is 1. The lowest BCUT2D eigenvalue weighted by molar-refractivity contribution is -0.118. The van der Waals surface area contributed by atoms with Gasteiger partial charge in [0, 0.05) is 20.8 Å². The molecule has 0 spiro atoms. The average Bonchev–Trinajstić information content (AvgIpc) is 3.27. The van der Waals surface area contributed by atoms with Crippen molar-refractivity contribution in [3.05, 3.63) is 99.8 Å². The number of amides is 1. The first-order chi connectivity index (χ1) is 15.4. The number of thiazole rings is 1. The molecule has 0 atom stereocenters. The van der Waals surface area contributed by atoms with Crippen molar-refractivity contribution >= 4 is 38.3 Å². The monoisotopic (exact) mass is 506 g/mol. The second-order valence-electron chi connectivity index (χ2n) is 7.90. The first-order valence-corrected chi connectivity index (χ1v) is 11.9. The summed E-state index contributed by atoms with van der Waals surface area (Å²) in [5.41, 5.74) is 4.13. The zero-order valence-electron chi connectivity index (χ0n) is 17.8. The van der Waals surface area contributed by atoms with Crippen LogP contribution in [0.1, 0.15) is 25.0 Å². The molecule has 6 heteroatoms. The van der Waals surface area contributed by atoms with Crippen LogP contribution in [0.15, 0.2) is 88.7 Å². The molecule has 0 fully saturated rings. The average molecular weight is 507 g/mol. The van der Waals surface area contributed by atoms with E-state index in [9.17, 15) is 4.79 Å². The number of hydrogen-bond acceptors (Lipinski definition) is 4. The summed E-state index contributed by atoms with van der Waals surface area (Å²) in [5, 5.41) is 5.28. The fourth-order valence-electron chi connectivity index (χ4n) is 3.41. The van der Waals surface area contributed by atoms with E-state index in [1.807, 2.05) is 60.0 Å². The number of ether oxygens (including phenoxy) is 1. The molecule has 1 amide bonds. The number of nitrogens with one attached hydrogen (secondary N) is 1. The highest BCUT2D eigenvalue weighted by molar-refractivity contribution is 9.10. The van der Waals surface area contributed by atoms with Crippen molar-refractivity contribution < 1.29 is 9.53 Å². The molecule has 4 nitrogen and oxygen atoms in total. The molecule has 1 N–H and O–H groups in total. The summed E-state index contributed by atoms with van der Waals surface area (Å²) in [6.45, 7) is 4.32. The molecule has 3 aromatic carbocycles. The van der Waals surface area contributed by atoms with E-state index in [-0.39, 0.29) is 17.9 Å². The van der Waals surface area contributed by atoms with Crippen LogP contribution in [-0.2, 0) is 10.2 Å². The molecule has 0 aliphatic rings. The molecule has 4 rings (SSSR count). The van der Waals surface area contributed by atoms with Crippen LogP contribution in [0.2, 0.25) is 0 Å². The summed E-state index contributed by atoms with van der Waals surface area (Å²) in [6, 6.07) is 26.2. The zero-order chi connectivity index (χ0) is 22.6. The van der Waals surface area contributed by atoms with E-state index in [2.05, 4.69) is 64.3 Å². The Balaban J connectivity index is 1.34. The third-order valence-electron chi connectivity index (χ3n) is 5.31. The first-order valence-electron chi connectivity index (χ1n) is 10.2. The molecule has 0 aliphatic heterocycles. The lowest BCUT2D eigenvalue weighted by atomic mass is 9.78. The molecule has 0 saturated carbocycles. The first kappa shape index (κ1) is 22.2. The zero-order valence-corrected chi connectivity index (χ0v) is 20.2. The summed E-state index contributed by atoms with van der Waals surface area (Å²) in [5.74, 6) is 0.413. The molecule has 32 heavy (non-hydrogen) atoms. The van der Waals surface area contributed by atoms with E-state index >= 15 is 0 Å². The standard InChI is InChI=1S/C26H23BrN2O2S/c1-26(2,19-8-4-3-5-9-19)20-11-13-22(14-12-20)31-16-24(30)29-25-28-23(17-32-25)18-7-6-10-21(27)15-18/h3-15,17H,16H2,1-2H3,(H,28,29,30). The molecular formula is C26H23BrN2O2S. The third kappa shape index (κ3) is 5.26. The predicted molar refractivity (Wildman–Crippen MR) is 134 cm³/mol. The van der Waals surface area contributed by atoms with Gasteiger partial charge in [-0.15, -0.1) is 11.3 Å².